The van der Waals surface area contributed by atoms with Gasteiger partial charge in [-0.05, 0) is 49.7 Å². The Bertz CT molecular complexity index is 544. The van der Waals surface area contributed by atoms with Crippen LogP contribution in [0.4, 0.5) is 5.69 Å². The van der Waals surface area contributed by atoms with Crippen molar-refractivity contribution in [1.82, 2.24) is 10.6 Å². The minimum atomic E-state index is -0.219. The summed E-state index contributed by atoms with van der Waals surface area (Å²) in [6.45, 7) is 5.60. The molecule has 2 amide bonds. The average molecular weight is 354 g/mol. The molecule has 0 bridgehead atoms. The second-order valence-electron chi connectivity index (χ2n) is 5.44. The number of benzene rings is 1. The highest BCUT2D eigenvalue weighted by molar-refractivity contribution is 9.10. The Morgan fingerprint density at radius 1 is 1.43 bits per heavy atom. The van der Waals surface area contributed by atoms with E-state index in [1.54, 1.807) is 0 Å². The number of aryl methyl sites for hydroxylation is 1. The van der Waals surface area contributed by atoms with E-state index in [-0.39, 0.29) is 24.3 Å². The zero-order chi connectivity index (χ0) is 15.4. The highest BCUT2D eigenvalue weighted by atomic mass is 79.9. The van der Waals surface area contributed by atoms with Crippen molar-refractivity contribution >= 4 is 33.4 Å². The van der Waals surface area contributed by atoms with E-state index in [9.17, 15) is 9.59 Å². The molecule has 1 unspecified atom stereocenters. The molecule has 1 fully saturated rings. The van der Waals surface area contributed by atoms with Gasteiger partial charge in [-0.3, -0.25) is 9.59 Å². The summed E-state index contributed by atoms with van der Waals surface area (Å²) in [5, 5.41) is 8.61. The fraction of sp³-hybridized carbons (Fsp3) is 0.467. The highest BCUT2D eigenvalue weighted by Gasteiger charge is 2.28. The van der Waals surface area contributed by atoms with Crippen molar-refractivity contribution in [3.63, 3.8) is 0 Å². The first-order valence-electron chi connectivity index (χ1n) is 7.02. The molecule has 0 saturated carbocycles. The van der Waals surface area contributed by atoms with Crippen LogP contribution < -0.4 is 16.0 Å². The summed E-state index contributed by atoms with van der Waals surface area (Å²) in [6, 6.07) is 5.58. The smallest absolute Gasteiger partial charge is 0.243 e. The predicted octanol–water partition coefficient (Wildman–Crippen LogP) is 1.67. The number of nitrogens with one attached hydrogen (secondary N) is 3. The predicted molar refractivity (Wildman–Crippen MR) is 86.0 cm³/mol. The number of halogens is 1. The summed E-state index contributed by atoms with van der Waals surface area (Å²) in [5.74, 6) is 0.0313. The normalized spacial score (nSPS) is 16.0. The first kappa shape index (κ1) is 16.0. The largest absolute Gasteiger partial charge is 0.347 e. The van der Waals surface area contributed by atoms with Crippen LogP contribution in [-0.4, -0.2) is 31.4 Å². The van der Waals surface area contributed by atoms with Crippen molar-refractivity contribution < 1.29 is 9.59 Å². The lowest BCUT2D eigenvalue weighted by molar-refractivity contribution is -0.128. The molecule has 3 N–H and O–H groups in total. The van der Waals surface area contributed by atoms with Gasteiger partial charge in [0, 0.05) is 16.1 Å². The molecule has 1 saturated heterocycles. The Balaban J connectivity index is 1.78. The molecule has 1 aromatic rings. The van der Waals surface area contributed by atoms with E-state index >= 15 is 0 Å². The van der Waals surface area contributed by atoms with E-state index in [1.807, 2.05) is 32.0 Å². The van der Waals surface area contributed by atoms with E-state index in [0.29, 0.717) is 5.92 Å². The van der Waals surface area contributed by atoms with Gasteiger partial charge in [0.2, 0.25) is 11.8 Å². The molecule has 5 nitrogen and oxygen atoms in total. The molecule has 0 spiro atoms. The molecule has 1 aliphatic heterocycles. The Kier molecular flexibility index (Phi) is 5.36. The zero-order valence-electron chi connectivity index (χ0n) is 12.2. The number of rotatable bonds is 5. The molecule has 1 aliphatic rings. The maximum absolute atomic E-state index is 11.9. The fourth-order valence-corrected chi connectivity index (χ4v) is 2.38. The molecule has 0 radical (unpaired) electrons. The average Bonchev–Trinajstić information content (AvgIpc) is 2.38. The molecule has 1 heterocycles. The van der Waals surface area contributed by atoms with Gasteiger partial charge in [-0.1, -0.05) is 22.9 Å². The lowest BCUT2D eigenvalue weighted by Gasteiger charge is -2.31. The van der Waals surface area contributed by atoms with Crippen LogP contribution in [0, 0.1) is 18.8 Å². The fourth-order valence-electron chi connectivity index (χ4n) is 2.13. The van der Waals surface area contributed by atoms with E-state index < -0.39 is 0 Å². The number of carbonyl (C=O) groups is 2. The summed E-state index contributed by atoms with van der Waals surface area (Å²) in [4.78, 5) is 23.7. The van der Waals surface area contributed by atoms with Crippen LogP contribution in [0.5, 0.6) is 0 Å². The zero-order valence-corrected chi connectivity index (χ0v) is 13.8. The number of hydrogen-bond donors (Lipinski definition) is 3. The molecular formula is C15H20BrN3O2. The summed E-state index contributed by atoms with van der Waals surface area (Å²) >= 11 is 3.41. The van der Waals surface area contributed by atoms with E-state index in [4.69, 9.17) is 0 Å². The van der Waals surface area contributed by atoms with E-state index in [0.717, 1.165) is 28.8 Å². The van der Waals surface area contributed by atoms with Crippen molar-refractivity contribution in [3.8, 4) is 0 Å². The minimum Gasteiger partial charge on any atom is -0.347 e. The first-order valence-corrected chi connectivity index (χ1v) is 7.81. The van der Waals surface area contributed by atoms with Crippen LogP contribution >= 0.6 is 15.9 Å². The second-order valence-corrected chi connectivity index (χ2v) is 6.29. The highest BCUT2D eigenvalue weighted by Crippen LogP contribution is 2.20. The summed E-state index contributed by atoms with van der Waals surface area (Å²) in [6.07, 6.45) is 0. The van der Waals surface area contributed by atoms with Gasteiger partial charge in [-0.25, -0.2) is 0 Å². The van der Waals surface area contributed by atoms with Gasteiger partial charge < -0.3 is 16.0 Å². The van der Waals surface area contributed by atoms with Crippen molar-refractivity contribution in [3.05, 3.63) is 28.2 Å². The van der Waals surface area contributed by atoms with Gasteiger partial charge in [0.15, 0.2) is 0 Å². The Hall–Kier alpha value is -1.40. The molecule has 1 aromatic carbocycles. The Morgan fingerprint density at radius 3 is 2.71 bits per heavy atom. The Labute approximate surface area is 133 Å². The summed E-state index contributed by atoms with van der Waals surface area (Å²) < 4.78 is 0.997. The lowest BCUT2D eigenvalue weighted by Crippen LogP contribution is -2.50. The second kappa shape index (κ2) is 7.04. The summed E-state index contributed by atoms with van der Waals surface area (Å²) in [7, 11) is 0. The third-order valence-corrected chi connectivity index (χ3v) is 4.69. The molecule has 21 heavy (non-hydrogen) atoms. The lowest BCUT2D eigenvalue weighted by atomic mass is 9.88. The third kappa shape index (κ3) is 4.28. The van der Waals surface area contributed by atoms with Gasteiger partial charge >= 0.3 is 0 Å². The third-order valence-electron chi connectivity index (χ3n) is 3.80. The molecular weight excluding hydrogens is 334 g/mol. The molecule has 0 aromatic heterocycles. The topological polar surface area (TPSA) is 70.2 Å². The van der Waals surface area contributed by atoms with E-state index in [2.05, 4.69) is 31.9 Å². The standard InChI is InChI=1S/C15H20BrN3O2/c1-9-5-12(3-4-13(9)16)19-14(20)8-18-15(21)10(2)11-6-17-7-11/h3-5,10-11,17H,6-8H2,1-2H3,(H,18,21)(H,19,20). The van der Waals surface area contributed by atoms with Crippen molar-refractivity contribution in [2.75, 3.05) is 25.0 Å². The molecule has 1 atom stereocenters. The molecule has 114 valence electrons. The SMILES string of the molecule is Cc1cc(NC(=O)CNC(=O)C(C)C2CNC2)ccc1Br. The van der Waals surface area contributed by atoms with Crippen LogP contribution in [0.2, 0.25) is 0 Å². The van der Waals surface area contributed by atoms with Crippen LogP contribution in [0.1, 0.15) is 12.5 Å². The van der Waals surface area contributed by atoms with Crippen LogP contribution in [0.25, 0.3) is 0 Å². The van der Waals surface area contributed by atoms with Crippen molar-refractivity contribution in [1.29, 1.82) is 0 Å². The number of amides is 2. The molecule has 2 rings (SSSR count). The van der Waals surface area contributed by atoms with Gasteiger partial charge in [0.1, 0.15) is 0 Å². The van der Waals surface area contributed by atoms with Gasteiger partial charge in [0.25, 0.3) is 0 Å². The number of anilines is 1. The van der Waals surface area contributed by atoms with E-state index in [1.165, 1.54) is 0 Å². The van der Waals surface area contributed by atoms with Crippen molar-refractivity contribution in [2.45, 2.75) is 13.8 Å². The monoisotopic (exact) mass is 353 g/mol. The van der Waals surface area contributed by atoms with Crippen LogP contribution in [0.15, 0.2) is 22.7 Å². The van der Waals surface area contributed by atoms with Gasteiger partial charge in [-0.15, -0.1) is 0 Å². The molecule has 0 aliphatic carbocycles. The summed E-state index contributed by atoms with van der Waals surface area (Å²) in [5.41, 5.74) is 1.77. The molecule has 6 heteroatoms. The maximum atomic E-state index is 11.9. The van der Waals surface area contributed by atoms with Crippen LogP contribution in [0.3, 0.4) is 0 Å². The van der Waals surface area contributed by atoms with Crippen LogP contribution in [-0.2, 0) is 9.59 Å². The minimum absolute atomic E-state index is 0.00155. The maximum Gasteiger partial charge on any atom is 0.243 e. The van der Waals surface area contributed by atoms with Gasteiger partial charge in [0.05, 0.1) is 6.54 Å². The Morgan fingerprint density at radius 2 is 2.14 bits per heavy atom. The number of hydrogen-bond acceptors (Lipinski definition) is 3. The quantitative estimate of drug-likeness (QED) is 0.753. The first-order chi connectivity index (χ1) is 9.97. The van der Waals surface area contributed by atoms with Gasteiger partial charge in [-0.2, -0.15) is 0 Å². The van der Waals surface area contributed by atoms with Crippen molar-refractivity contribution in [2.24, 2.45) is 11.8 Å². The number of carbonyl (C=O) groups excluding carboxylic acids is 2.